The fourth-order valence-corrected chi connectivity index (χ4v) is 2.81. The van der Waals surface area contributed by atoms with Crippen molar-refractivity contribution in [3.05, 3.63) is 12.2 Å². The van der Waals surface area contributed by atoms with Crippen molar-refractivity contribution in [2.75, 3.05) is 33.7 Å². The molecule has 0 aliphatic carbocycles. The number of hydrogen-bond donors (Lipinski definition) is 0. The summed E-state index contributed by atoms with van der Waals surface area (Å²) in [5, 5.41) is 0. The number of carbonyl (C=O) groups is 2. The first kappa shape index (κ1) is 18.9. The molecular weight excluding hydrogens is 276 g/mol. The molecule has 4 heteroatoms. The lowest BCUT2D eigenvalue weighted by Crippen LogP contribution is -2.47. The van der Waals surface area contributed by atoms with Gasteiger partial charge in [0.1, 0.15) is 0 Å². The van der Waals surface area contributed by atoms with Crippen molar-refractivity contribution in [1.29, 1.82) is 0 Å². The van der Waals surface area contributed by atoms with Gasteiger partial charge in [-0.25, -0.2) is 0 Å². The van der Waals surface area contributed by atoms with Crippen molar-refractivity contribution in [3.63, 3.8) is 0 Å². The van der Waals surface area contributed by atoms with E-state index in [-0.39, 0.29) is 11.8 Å². The quantitative estimate of drug-likeness (QED) is 0.315. The van der Waals surface area contributed by atoms with Gasteiger partial charge in [-0.2, -0.15) is 0 Å². The Bertz CT molecular complexity index is 371. The first-order valence-electron chi connectivity index (χ1n) is 8.82. The number of unbranched alkanes of at least 4 members (excludes halogenated alkanes) is 7. The highest BCUT2D eigenvalue weighted by atomic mass is 16.2. The second kappa shape index (κ2) is 9.78. The molecule has 4 nitrogen and oxygen atoms in total. The van der Waals surface area contributed by atoms with Gasteiger partial charge in [0.15, 0.2) is 0 Å². The minimum Gasteiger partial charge on any atom is -0.327 e. The Morgan fingerprint density at radius 1 is 0.818 bits per heavy atom. The van der Waals surface area contributed by atoms with Crippen LogP contribution in [-0.2, 0) is 9.59 Å². The second-order valence-corrected chi connectivity index (χ2v) is 7.02. The van der Waals surface area contributed by atoms with Gasteiger partial charge in [-0.05, 0) is 12.8 Å². The number of carbonyl (C=O) groups excluding carboxylic acids is 2. The summed E-state index contributed by atoms with van der Waals surface area (Å²) in [4.78, 5) is 24.4. The van der Waals surface area contributed by atoms with Gasteiger partial charge in [0.25, 0.3) is 11.8 Å². The van der Waals surface area contributed by atoms with E-state index in [0.717, 1.165) is 17.6 Å². The molecule has 0 aromatic rings. The van der Waals surface area contributed by atoms with Crippen LogP contribution in [0, 0.1) is 0 Å². The molecule has 0 fully saturated rings. The van der Waals surface area contributed by atoms with E-state index in [9.17, 15) is 9.59 Å². The smallest absolute Gasteiger partial charge is 0.253 e. The molecule has 0 saturated heterocycles. The minimum atomic E-state index is -0.169. The highest BCUT2D eigenvalue weighted by molar-refractivity contribution is 6.12. The van der Waals surface area contributed by atoms with E-state index in [0.29, 0.717) is 6.54 Å². The number of rotatable bonds is 12. The van der Waals surface area contributed by atoms with Crippen molar-refractivity contribution in [1.82, 2.24) is 4.90 Å². The standard InChI is InChI=1S/C18H33N2O2/c1-4-5-6-7-8-9-10-11-15-20(2,3)16-14-19-17(21)12-13-18(19)22/h12-13H,4-11,14-16H2,1-3H3/q+1. The number of nitrogens with zero attached hydrogens (tertiary/aromatic N) is 2. The minimum absolute atomic E-state index is 0.169. The summed E-state index contributed by atoms with van der Waals surface area (Å²) in [6.45, 7) is 4.71. The van der Waals surface area contributed by atoms with Gasteiger partial charge >= 0.3 is 0 Å². The summed E-state index contributed by atoms with van der Waals surface area (Å²) in [6.07, 6.45) is 13.4. The molecule has 0 saturated carbocycles. The predicted molar refractivity (Wildman–Crippen MR) is 90.3 cm³/mol. The molecule has 126 valence electrons. The van der Waals surface area contributed by atoms with E-state index in [2.05, 4.69) is 21.0 Å². The molecule has 1 rings (SSSR count). The fraction of sp³-hybridized carbons (Fsp3) is 0.778. The zero-order valence-electron chi connectivity index (χ0n) is 14.6. The molecule has 0 aromatic heterocycles. The molecule has 1 heterocycles. The molecule has 2 amide bonds. The zero-order chi connectivity index (χ0) is 16.4. The van der Waals surface area contributed by atoms with Crippen molar-refractivity contribution >= 4 is 11.8 Å². The normalized spacial score (nSPS) is 15.1. The molecule has 0 spiro atoms. The largest absolute Gasteiger partial charge is 0.327 e. The molecule has 0 unspecified atom stereocenters. The Kier molecular flexibility index (Phi) is 8.39. The van der Waals surface area contributed by atoms with Crippen molar-refractivity contribution in [2.45, 2.75) is 58.3 Å². The summed E-state index contributed by atoms with van der Waals surface area (Å²) in [5.41, 5.74) is 0. The van der Waals surface area contributed by atoms with Crippen LogP contribution < -0.4 is 0 Å². The van der Waals surface area contributed by atoms with E-state index >= 15 is 0 Å². The zero-order valence-corrected chi connectivity index (χ0v) is 14.6. The number of amides is 2. The number of hydrogen-bond acceptors (Lipinski definition) is 2. The lowest BCUT2D eigenvalue weighted by molar-refractivity contribution is -0.889. The van der Waals surface area contributed by atoms with Crippen LogP contribution in [0.15, 0.2) is 12.2 Å². The molecular formula is C18H33N2O2+. The number of likely N-dealkylation sites (N-methyl/N-ethyl adjacent to an activating group) is 1. The molecule has 0 radical (unpaired) electrons. The maximum atomic E-state index is 11.5. The lowest BCUT2D eigenvalue weighted by atomic mass is 10.1. The summed E-state index contributed by atoms with van der Waals surface area (Å²) >= 11 is 0. The van der Waals surface area contributed by atoms with Gasteiger partial charge in [-0.1, -0.05) is 45.4 Å². The van der Waals surface area contributed by atoms with E-state index in [1.165, 1.54) is 68.4 Å². The lowest BCUT2D eigenvalue weighted by Gasteiger charge is -2.31. The molecule has 0 atom stereocenters. The number of quaternary nitrogens is 1. The average Bonchev–Trinajstić information content (AvgIpc) is 2.79. The summed E-state index contributed by atoms with van der Waals surface area (Å²) in [5.74, 6) is -0.339. The Balaban J connectivity index is 2.08. The maximum absolute atomic E-state index is 11.5. The Hall–Kier alpha value is -1.16. The van der Waals surface area contributed by atoms with Crippen LogP contribution in [0.4, 0.5) is 0 Å². The summed E-state index contributed by atoms with van der Waals surface area (Å²) in [7, 11) is 4.36. The monoisotopic (exact) mass is 309 g/mol. The average molecular weight is 309 g/mol. The van der Waals surface area contributed by atoms with E-state index in [1.54, 1.807) is 0 Å². The molecule has 0 N–H and O–H groups in total. The molecule has 0 aromatic carbocycles. The van der Waals surface area contributed by atoms with Crippen molar-refractivity contribution < 1.29 is 14.1 Å². The Morgan fingerprint density at radius 3 is 1.86 bits per heavy atom. The second-order valence-electron chi connectivity index (χ2n) is 7.02. The SMILES string of the molecule is CCCCCCCCCC[N+](C)(C)CCN1C(=O)C=CC1=O. The number of imide groups is 1. The van der Waals surface area contributed by atoms with Crippen LogP contribution in [0.25, 0.3) is 0 Å². The first-order valence-corrected chi connectivity index (χ1v) is 8.82. The third-order valence-corrected chi connectivity index (χ3v) is 4.45. The van der Waals surface area contributed by atoms with Gasteiger partial charge in [0, 0.05) is 12.2 Å². The molecule has 22 heavy (non-hydrogen) atoms. The first-order chi connectivity index (χ1) is 10.5. The third-order valence-electron chi connectivity index (χ3n) is 4.45. The highest BCUT2D eigenvalue weighted by Crippen LogP contribution is 2.11. The van der Waals surface area contributed by atoms with Crippen LogP contribution >= 0.6 is 0 Å². The fourth-order valence-electron chi connectivity index (χ4n) is 2.81. The van der Waals surface area contributed by atoms with E-state index < -0.39 is 0 Å². The van der Waals surface area contributed by atoms with Gasteiger partial charge in [-0.15, -0.1) is 0 Å². The van der Waals surface area contributed by atoms with Crippen LogP contribution in [0.5, 0.6) is 0 Å². The molecule has 0 bridgehead atoms. The van der Waals surface area contributed by atoms with Crippen molar-refractivity contribution in [2.24, 2.45) is 0 Å². The highest BCUT2D eigenvalue weighted by Gasteiger charge is 2.26. The van der Waals surface area contributed by atoms with Crippen LogP contribution in [0.2, 0.25) is 0 Å². The van der Waals surface area contributed by atoms with Crippen molar-refractivity contribution in [3.8, 4) is 0 Å². The van der Waals surface area contributed by atoms with Gasteiger partial charge in [0.05, 0.1) is 33.7 Å². The van der Waals surface area contributed by atoms with Gasteiger partial charge in [-0.3, -0.25) is 14.5 Å². The Morgan fingerprint density at radius 2 is 1.32 bits per heavy atom. The maximum Gasteiger partial charge on any atom is 0.253 e. The third kappa shape index (κ3) is 7.21. The Labute approximate surface area is 135 Å². The molecule has 1 aliphatic rings. The summed E-state index contributed by atoms with van der Waals surface area (Å²) < 4.78 is 0.868. The summed E-state index contributed by atoms with van der Waals surface area (Å²) in [6, 6.07) is 0. The topological polar surface area (TPSA) is 37.4 Å². The van der Waals surface area contributed by atoms with Gasteiger partial charge in [0.2, 0.25) is 0 Å². The van der Waals surface area contributed by atoms with E-state index in [4.69, 9.17) is 0 Å². The van der Waals surface area contributed by atoms with Crippen LogP contribution in [0.3, 0.4) is 0 Å². The van der Waals surface area contributed by atoms with Crippen LogP contribution in [-0.4, -0.2) is 54.9 Å². The molecule has 1 aliphatic heterocycles. The van der Waals surface area contributed by atoms with Gasteiger partial charge < -0.3 is 4.48 Å². The van der Waals surface area contributed by atoms with E-state index in [1.807, 2.05) is 0 Å². The predicted octanol–water partition coefficient (Wildman–Crippen LogP) is 3.13. The van der Waals surface area contributed by atoms with Crippen LogP contribution in [0.1, 0.15) is 58.3 Å².